The monoisotopic (exact) mass is 388 g/mol. The molecule has 2 aromatic carbocycles. The summed E-state index contributed by atoms with van der Waals surface area (Å²) in [6, 6.07) is 12.8. The number of halogens is 2. The molecule has 0 aliphatic heterocycles. The van der Waals surface area contributed by atoms with Gasteiger partial charge in [-0.1, -0.05) is 41.4 Å². The minimum absolute atomic E-state index is 0.0655. The van der Waals surface area contributed by atoms with E-state index in [0.717, 1.165) is 12.2 Å². The molecule has 4 nitrogen and oxygen atoms in total. The molecule has 0 bridgehead atoms. The third-order valence-electron chi connectivity index (χ3n) is 3.65. The predicted molar refractivity (Wildman–Crippen MR) is 106 cm³/mol. The number of hydrogen-bond donors (Lipinski definition) is 2. The van der Waals surface area contributed by atoms with Crippen LogP contribution in [0.5, 0.6) is 0 Å². The summed E-state index contributed by atoms with van der Waals surface area (Å²) in [7, 11) is 0. The average molecular weight is 389 g/mol. The van der Waals surface area contributed by atoms with E-state index in [4.69, 9.17) is 11.6 Å². The van der Waals surface area contributed by atoms with E-state index < -0.39 is 5.82 Å². The highest BCUT2D eigenvalue weighted by atomic mass is 35.5. The summed E-state index contributed by atoms with van der Waals surface area (Å²) in [5.74, 6) is 0.160. The minimum Gasteiger partial charge on any atom is -0.384 e. The Morgan fingerprint density at radius 3 is 2.73 bits per heavy atom. The molecule has 0 amide bonds. The van der Waals surface area contributed by atoms with Gasteiger partial charge in [0, 0.05) is 35.5 Å². The van der Waals surface area contributed by atoms with E-state index in [1.807, 2.05) is 13.0 Å². The molecule has 3 rings (SSSR count). The quantitative estimate of drug-likeness (QED) is 0.582. The molecule has 0 saturated carbocycles. The number of rotatable bonds is 6. The zero-order valence-electron chi connectivity index (χ0n) is 14.4. The Morgan fingerprint density at radius 2 is 2.00 bits per heavy atom. The van der Waals surface area contributed by atoms with Crippen LogP contribution < -0.4 is 10.6 Å². The molecule has 0 aliphatic carbocycles. The summed E-state index contributed by atoms with van der Waals surface area (Å²) in [6.07, 6.45) is 1.88. The minimum atomic E-state index is -0.451. The lowest BCUT2D eigenvalue weighted by Crippen LogP contribution is -2.10. The third kappa shape index (κ3) is 5.03. The van der Waals surface area contributed by atoms with Gasteiger partial charge in [-0.05, 0) is 37.6 Å². The Balaban J connectivity index is 1.60. The molecule has 0 atom stereocenters. The maximum atomic E-state index is 13.2. The van der Waals surface area contributed by atoms with Crippen LogP contribution in [0, 0.1) is 12.7 Å². The fraction of sp³-hybridized carbons (Fsp3) is 0.158. The molecule has 0 unspecified atom stereocenters. The van der Waals surface area contributed by atoms with Gasteiger partial charge in [0.1, 0.15) is 5.82 Å². The topological polar surface area (TPSA) is 49.8 Å². The maximum Gasteiger partial charge on any atom is 0.207 e. The van der Waals surface area contributed by atoms with Crippen LogP contribution in [-0.2, 0) is 6.54 Å². The van der Waals surface area contributed by atoms with Crippen molar-refractivity contribution in [3.63, 3.8) is 0 Å². The molecule has 1 aromatic heterocycles. The van der Waals surface area contributed by atoms with Gasteiger partial charge in [0.25, 0.3) is 0 Å². The summed E-state index contributed by atoms with van der Waals surface area (Å²) in [5.41, 5.74) is 4.09. The van der Waals surface area contributed by atoms with Crippen LogP contribution in [0.1, 0.15) is 23.9 Å². The Morgan fingerprint density at radius 1 is 1.23 bits per heavy atom. The smallest absolute Gasteiger partial charge is 0.207 e. The van der Waals surface area contributed by atoms with E-state index in [0.29, 0.717) is 16.6 Å². The summed E-state index contributed by atoms with van der Waals surface area (Å²) >= 11 is 7.01. The second kappa shape index (κ2) is 8.29. The standard InChI is InChI=1S/C19H18ClFN4S/c1-12-3-5-14(6-4-12)11-22-13(2)9-18-24-19(26-25-18)23-15-7-8-17(21)16(20)10-15/h3-10,22H,11H2,1-2H3,(H,23,24,25)/b13-9-. The molecule has 26 heavy (non-hydrogen) atoms. The lowest BCUT2D eigenvalue weighted by molar-refractivity contribution is 0.628. The molecule has 7 heteroatoms. The van der Waals surface area contributed by atoms with Gasteiger partial charge in [-0.15, -0.1) is 0 Å². The van der Waals surface area contributed by atoms with Crippen molar-refractivity contribution in [3.05, 3.63) is 76.0 Å². The zero-order valence-corrected chi connectivity index (χ0v) is 16.0. The average Bonchev–Trinajstić information content (AvgIpc) is 3.04. The number of hydrogen-bond acceptors (Lipinski definition) is 5. The van der Waals surface area contributed by atoms with Gasteiger partial charge in [-0.3, -0.25) is 0 Å². The highest BCUT2D eigenvalue weighted by Gasteiger charge is 2.05. The lowest BCUT2D eigenvalue weighted by atomic mass is 10.1. The van der Waals surface area contributed by atoms with Crippen LogP contribution in [0.3, 0.4) is 0 Å². The summed E-state index contributed by atoms with van der Waals surface area (Å²) in [4.78, 5) is 4.41. The molecular formula is C19H18ClFN4S. The van der Waals surface area contributed by atoms with E-state index in [1.54, 1.807) is 6.07 Å². The van der Waals surface area contributed by atoms with Gasteiger partial charge in [0.05, 0.1) is 5.02 Å². The Kier molecular flexibility index (Phi) is 5.85. The van der Waals surface area contributed by atoms with Crippen LogP contribution in [0.15, 0.2) is 48.2 Å². The first-order chi connectivity index (χ1) is 12.5. The maximum absolute atomic E-state index is 13.2. The zero-order chi connectivity index (χ0) is 18.5. The molecule has 0 saturated heterocycles. The van der Waals surface area contributed by atoms with E-state index >= 15 is 0 Å². The number of aromatic nitrogens is 2. The molecule has 0 aliphatic rings. The van der Waals surface area contributed by atoms with E-state index in [2.05, 4.69) is 51.2 Å². The van der Waals surface area contributed by atoms with E-state index in [1.165, 1.54) is 34.8 Å². The van der Waals surface area contributed by atoms with Crippen LogP contribution in [0.2, 0.25) is 5.02 Å². The Hall–Kier alpha value is -2.44. The molecule has 2 N–H and O–H groups in total. The van der Waals surface area contributed by atoms with Crippen molar-refractivity contribution >= 4 is 40.0 Å². The molecule has 1 heterocycles. The molecule has 0 spiro atoms. The Labute approximate surface area is 160 Å². The molecule has 134 valence electrons. The van der Waals surface area contributed by atoms with Crippen molar-refractivity contribution in [1.82, 2.24) is 14.7 Å². The first-order valence-corrected chi connectivity index (χ1v) is 9.18. The van der Waals surface area contributed by atoms with Crippen LogP contribution in [0.25, 0.3) is 6.08 Å². The molecule has 0 radical (unpaired) electrons. The molecule has 3 aromatic rings. The van der Waals surface area contributed by atoms with Gasteiger partial charge in [-0.2, -0.15) is 9.36 Å². The number of anilines is 2. The van der Waals surface area contributed by atoms with Crippen molar-refractivity contribution in [2.24, 2.45) is 0 Å². The SMILES string of the molecule is C/C(=C/c1nsc(Nc2ccc(F)c(Cl)c2)n1)NCc1ccc(C)cc1. The fourth-order valence-electron chi connectivity index (χ4n) is 2.23. The molecule has 0 fully saturated rings. The van der Waals surface area contributed by atoms with Gasteiger partial charge in [0.15, 0.2) is 5.82 Å². The first-order valence-electron chi connectivity index (χ1n) is 8.03. The summed E-state index contributed by atoms with van der Waals surface area (Å²) in [6.45, 7) is 4.79. The van der Waals surface area contributed by atoms with Gasteiger partial charge in [-0.25, -0.2) is 4.39 Å². The van der Waals surface area contributed by atoms with Gasteiger partial charge < -0.3 is 10.6 Å². The molecular weight excluding hydrogens is 371 g/mol. The first kappa shape index (κ1) is 18.4. The van der Waals surface area contributed by atoms with Crippen molar-refractivity contribution < 1.29 is 4.39 Å². The Bertz CT molecular complexity index is 922. The van der Waals surface area contributed by atoms with Gasteiger partial charge in [0.2, 0.25) is 5.13 Å². The summed E-state index contributed by atoms with van der Waals surface area (Å²) in [5, 5.41) is 7.10. The lowest BCUT2D eigenvalue weighted by Gasteiger charge is -2.06. The fourth-order valence-corrected chi connectivity index (χ4v) is 2.99. The number of aryl methyl sites for hydroxylation is 1. The number of benzene rings is 2. The highest BCUT2D eigenvalue weighted by molar-refractivity contribution is 7.09. The predicted octanol–water partition coefficient (Wildman–Crippen LogP) is 5.53. The van der Waals surface area contributed by atoms with Crippen LogP contribution in [0.4, 0.5) is 15.2 Å². The van der Waals surface area contributed by atoms with Crippen molar-refractivity contribution in [1.29, 1.82) is 0 Å². The van der Waals surface area contributed by atoms with Crippen molar-refractivity contribution in [3.8, 4) is 0 Å². The van der Waals surface area contributed by atoms with Crippen LogP contribution in [-0.4, -0.2) is 9.36 Å². The summed E-state index contributed by atoms with van der Waals surface area (Å²) < 4.78 is 17.5. The normalized spacial score (nSPS) is 11.5. The van der Waals surface area contributed by atoms with E-state index in [-0.39, 0.29) is 5.02 Å². The van der Waals surface area contributed by atoms with E-state index in [9.17, 15) is 4.39 Å². The number of nitrogens with zero attached hydrogens (tertiary/aromatic N) is 2. The second-order valence-electron chi connectivity index (χ2n) is 5.88. The third-order valence-corrected chi connectivity index (χ3v) is 4.58. The van der Waals surface area contributed by atoms with Gasteiger partial charge >= 0.3 is 0 Å². The second-order valence-corrected chi connectivity index (χ2v) is 7.04. The number of nitrogens with one attached hydrogen (secondary N) is 2. The van der Waals surface area contributed by atoms with Crippen LogP contribution >= 0.6 is 23.1 Å². The van der Waals surface area contributed by atoms with Crippen molar-refractivity contribution in [2.45, 2.75) is 20.4 Å². The highest BCUT2D eigenvalue weighted by Crippen LogP contribution is 2.24. The number of allylic oxidation sites excluding steroid dienone is 1. The van der Waals surface area contributed by atoms with Crippen molar-refractivity contribution in [2.75, 3.05) is 5.32 Å². The largest absolute Gasteiger partial charge is 0.384 e.